The van der Waals surface area contributed by atoms with Crippen molar-refractivity contribution in [3.8, 4) is 0 Å². The van der Waals surface area contributed by atoms with Crippen LogP contribution in [0.1, 0.15) is 31.7 Å². The number of hydrogen-bond donors (Lipinski definition) is 1. The molecule has 17 heavy (non-hydrogen) atoms. The lowest BCUT2D eigenvalue weighted by molar-refractivity contribution is 0.592. The van der Waals surface area contributed by atoms with Crippen molar-refractivity contribution in [3.05, 3.63) is 23.8 Å². The topological polar surface area (TPSA) is 46.2 Å². The highest BCUT2D eigenvalue weighted by atomic mass is 32.2. The summed E-state index contributed by atoms with van der Waals surface area (Å²) in [7, 11) is -3.08. The van der Waals surface area contributed by atoms with Crippen molar-refractivity contribution in [1.29, 1.82) is 0 Å². The van der Waals surface area contributed by atoms with Crippen LogP contribution < -0.4 is 5.32 Å². The van der Waals surface area contributed by atoms with E-state index in [0.717, 1.165) is 43.5 Å². The van der Waals surface area contributed by atoms with Crippen molar-refractivity contribution >= 4 is 15.5 Å². The molecular formula is C13H19NO2S. The van der Waals surface area contributed by atoms with Gasteiger partial charge in [0.2, 0.25) is 0 Å². The molecule has 0 bridgehead atoms. The van der Waals surface area contributed by atoms with Crippen LogP contribution in [-0.4, -0.2) is 20.7 Å². The Morgan fingerprint density at radius 2 is 2.18 bits per heavy atom. The SMILES string of the molecule is CCCCS(=O)(=O)c1ccc2c(c1)CCCN2. The normalized spacial score (nSPS) is 15.1. The number of unbranched alkanes of at least 4 members (excludes halogenated alkanes) is 1. The Morgan fingerprint density at radius 3 is 2.94 bits per heavy atom. The van der Waals surface area contributed by atoms with Crippen molar-refractivity contribution in [2.45, 2.75) is 37.5 Å². The van der Waals surface area contributed by atoms with E-state index in [1.807, 2.05) is 19.1 Å². The summed E-state index contributed by atoms with van der Waals surface area (Å²) in [5, 5.41) is 3.29. The van der Waals surface area contributed by atoms with Gasteiger partial charge in [-0.25, -0.2) is 8.42 Å². The van der Waals surface area contributed by atoms with E-state index in [-0.39, 0.29) is 5.75 Å². The minimum Gasteiger partial charge on any atom is -0.385 e. The molecule has 0 amide bonds. The number of benzene rings is 1. The molecule has 1 aromatic rings. The quantitative estimate of drug-likeness (QED) is 0.897. The molecule has 1 aromatic carbocycles. The summed E-state index contributed by atoms with van der Waals surface area (Å²) >= 11 is 0. The van der Waals surface area contributed by atoms with Crippen LogP contribution in [-0.2, 0) is 16.3 Å². The zero-order valence-electron chi connectivity index (χ0n) is 10.2. The van der Waals surface area contributed by atoms with Gasteiger partial charge < -0.3 is 5.32 Å². The summed E-state index contributed by atoms with van der Waals surface area (Å²) in [6, 6.07) is 5.46. The lowest BCUT2D eigenvalue weighted by atomic mass is 10.0. The summed E-state index contributed by atoms with van der Waals surface area (Å²) in [5.74, 6) is 0.260. The number of aryl methyl sites for hydroxylation is 1. The van der Waals surface area contributed by atoms with E-state index in [4.69, 9.17) is 0 Å². The molecule has 0 unspecified atom stereocenters. The van der Waals surface area contributed by atoms with Gasteiger partial charge in [0.15, 0.2) is 9.84 Å². The summed E-state index contributed by atoms with van der Waals surface area (Å²) < 4.78 is 24.1. The molecule has 1 N–H and O–H groups in total. The number of fused-ring (bicyclic) bond motifs is 1. The Labute approximate surface area is 103 Å². The first-order valence-corrected chi connectivity index (χ1v) is 7.88. The molecule has 2 rings (SSSR count). The molecule has 0 saturated carbocycles. The predicted octanol–water partition coefficient (Wildman–Crippen LogP) is 2.62. The van der Waals surface area contributed by atoms with Gasteiger partial charge >= 0.3 is 0 Å². The largest absolute Gasteiger partial charge is 0.385 e. The molecule has 0 aliphatic carbocycles. The first-order chi connectivity index (χ1) is 8.13. The van der Waals surface area contributed by atoms with Gasteiger partial charge in [0.05, 0.1) is 10.6 Å². The zero-order chi connectivity index (χ0) is 12.3. The maximum atomic E-state index is 12.1. The Bertz CT molecular complexity index is 494. The second-order valence-corrected chi connectivity index (χ2v) is 6.63. The van der Waals surface area contributed by atoms with Crippen molar-refractivity contribution in [2.24, 2.45) is 0 Å². The molecule has 0 fully saturated rings. The molecule has 94 valence electrons. The molecule has 0 atom stereocenters. The van der Waals surface area contributed by atoms with Gasteiger partial charge in [0.25, 0.3) is 0 Å². The predicted molar refractivity (Wildman–Crippen MR) is 70.2 cm³/mol. The zero-order valence-corrected chi connectivity index (χ0v) is 11.0. The third kappa shape index (κ3) is 2.80. The molecule has 1 aliphatic rings. The number of hydrogen-bond acceptors (Lipinski definition) is 3. The van der Waals surface area contributed by atoms with E-state index in [1.54, 1.807) is 6.07 Å². The minimum absolute atomic E-state index is 0.260. The van der Waals surface area contributed by atoms with E-state index in [1.165, 1.54) is 0 Å². The smallest absolute Gasteiger partial charge is 0.178 e. The Balaban J connectivity index is 2.27. The molecular weight excluding hydrogens is 234 g/mol. The number of anilines is 1. The van der Waals surface area contributed by atoms with Gasteiger partial charge in [-0.2, -0.15) is 0 Å². The number of rotatable bonds is 4. The summed E-state index contributed by atoms with van der Waals surface area (Å²) in [6.07, 6.45) is 3.69. The van der Waals surface area contributed by atoms with Gasteiger partial charge in [-0.15, -0.1) is 0 Å². The fraction of sp³-hybridized carbons (Fsp3) is 0.538. The van der Waals surface area contributed by atoms with Gasteiger partial charge in [0, 0.05) is 12.2 Å². The third-order valence-corrected chi connectivity index (χ3v) is 4.94. The monoisotopic (exact) mass is 253 g/mol. The third-order valence-electron chi connectivity index (χ3n) is 3.14. The molecule has 1 heterocycles. The Hall–Kier alpha value is -1.03. The lowest BCUT2D eigenvalue weighted by Gasteiger charge is -2.18. The summed E-state index contributed by atoms with van der Waals surface area (Å²) in [6.45, 7) is 2.99. The van der Waals surface area contributed by atoms with Gasteiger partial charge in [-0.1, -0.05) is 13.3 Å². The van der Waals surface area contributed by atoms with Crippen molar-refractivity contribution < 1.29 is 8.42 Å². The fourth-order valence-electron chi connectivity index (χ4n) is 2.10. The van der Waals surface area contributed by atoms with Gasteiger partial charge in [0.1, 0.15) is 0 Å². The highest BCUT2D eigenvalue weighted by molar-refractivity contribution is 7.91. The molecule has 0 spiro atoms. The highest BCUT2D eigenvalue weighted by Gasteiger charge is 2.16. The summed E-state index contributed by atoms with van der Waals surface area (Å²) in [4.78, 5) is 0.480. The molecule has 0 aromatic heterocycles. The van der Waals surface area contributed by atoms with Crippen LogP contribution in [0, 0.1) is 0 Å². The first-order valence-electron chi connectivity index (χ1n) is 6.23. The van der Waals surface area contributed by atoms with Crippen LogP contribution in [0.3, 0.4) is 0 Å². The maximum absolute atomic E-state index is 12.1. The summed E-state index contributed by atoms with van der Waals surface area (Å²) in [5.41, 5.74) is 2.22. The van der Waals surface area contributed by atoms with Crippen molar-refractivity contribution in [1.82, 2.24) is 0 Å². The van der Waals surface area contributed by atoms with Crippen LogP contribution in [0.2, 0.25) is 0 Å². The van der Waals surface area contributed by atoms with Gasteiger partial charge in [-0.05, 0) is 43.0 Å². The van der Waals surface area contributed by atoms with E-state index in [9.17, 15) is 8.42 Å². The van der Waals surface area contributed by atoms with Crippen LogP contribution in [0.4, 0.5) is 5.69 Å². The van der Waals surface area contributed by atoms with Crippen molar-refractivity contribution in [2.75, 3.05) is 17.6 Å². The lowest BCUT2D eigenvalue weighted by Crippen LogP contribution is -2.13. The molecule has 0 radical (unpaired) electrons. The van der Waals surface area contributed by atoms with Crippen LogP contribution in [0.5, 0.6) is 0 Å². The fourth-order valence-corrected chi connectivity index (χ4v) is 3.60. The average Bonchev–Trinajstić information content (AvgIpc) is 2.36. The number of sulfone groups is 1. The van der Waals surface area contributed by atoms with Crippen LogP contribution in [0.25, 0.3) is 0 Å². The second kappa shape index (κ2) is 5.08. The maximum Gasteiger partial charge on any atom is 0.178 e. The minimum atomic E-state index is -3.08. The van der Waals surface area contributed by atoms with E-state index >= 15 is 0 Å². The molecule has 0 saturated heterocycles. The standard InChI is InChI=1S/C13H19NO2S/c1-2-3-9-17(15,16)12-6-7-13-11(10-12)5-4-8-14-13/h6-7,10,14H,2-5,8-9H2,1H3. The van der Waals surface area contributed by atoms with E-state index in [2.05, 4.69) is 5.32 Å². The average molecular weight is 253 g/mol. The van der Waals surface area contributed by atoms with E-state index in [0.29, 0.717) is 4.90 Å². The molecule has 4 heteroatoms. The van der Waals surface area contributed by atoms with E-state index < -0.39 is 9.84 Å². The van der Waals surface area contributed by atoms with Crippen molar-refractivity contribution in [3.63, 3.8) is 0 Å². The molecule has 3 nitrogen and oxygen atoms in total. The number of nitrogens with one attached hydrogen (secondary N) is 1. The first kappa shape index (κ1) is 12.4. The second-order valence-electron chi connectivity index (χ2n) is 4.52. The van der Waals surface area contributed by atoms with Crippen LogP contribution in [0.15, 0.2) is 23.1 Å². The van der Waals surface area contributed by atoms with Gasteiger partial charge in [-0.3, -0.25) is 0 Å². The Kier molecular flexibility index (Phi) is 3.72. The highest BCUT2D eigenvalue weighted by Crippen LogP contribution is 2.25. The Morgan fingerprint density at radius 1 is 1.35 bits per heavy atom. The van der Waals surface area contributed by atoms with Crippen LogP contribution >= 0.6 is 0 Å². The molecule has 1 aliphatic heterocycles.